The first-order valence-corrected chi connectivity index (χ1v) is 11.1. The summed E-state index contributed by atoms with van der Waals surface area (Å²) in [6.45, 7) is 6.46. The highest BCUT2D eigenvalue weighted by molar-refractivity contribution is 9.10. The molecular weight excluding hydrogens is 478 g/mol. The molecule has 2 aromatic rings. The van der Waals surface area contributed by atoms with Crippen molar-refractivity contribution in [1.29, 1.82) is 0 Å². The Morgan fingerprint density at radius 2 is 1.84 bits per heavy atom. The lowest BCUT2D eigenvalue weighted by Crippen LogP contribution is -2.34. The van der Waals surface area contributed by atoms with E-state index in [1.807, 2.05) is 19.9 Å². The molecule has 2 amide bonds. The van der Waals surface area contributed by atoms with Gasteiger partial charge in [-0.2, -0.15) is 5.10 Å². The quantitative estimate of drug-likeness (QED) is 0.268. The lowest BCUT2D eigenvalue weighted by molar-refractivity contribution is -0.131. The zero-order valence-corrected chi connectivity index (χ0v) is 20.2. The minimum atomic E-state index is -0.940. The molecule has 2 aromatic carbocycles. The van der Waals surface area contributed by atoms with E-state index in [1.54, 1.807) is 37.4 Å². The second-order valence-electron chi connectivity index (χ2n) is 6.79. The monoisotopic (exact) mass is 505 g/mol. The molecule has 0 aliphatic heterocycles. The fourth-order valence-corrected chi connectivity index (χ4v) is 3.15. The Morgan fingerprint density at radius 3 is 2.47 bits per heavy atom. The Bertz CT molecular complexity index is 947. The summed E-state index contributed by atoms with van der Waals surface area (Å²) in [7, 11) is 1.56. The van der Waals surface area contributed by atoms with E-state index in [2.05, 4.69) is 31.8 Å². The molecular formula is C23H28BrN3O5. The fourth-order valence-electron chi connectivity index (χ4n) is 2.58. The molecule has 0 saturated heterocycles. The average molecular weight is 506 g/mol. The maximum atomic E-state index is 12.3. The molecule has 172 valence electrons. The Balaban J connectivity index is 1.99. The number of nitrogens with zero attached hydrogens (tertiary/aromatic N) is 1. The first-order valence-electron chi connectivity index (χ1n) is 10.3. The summed E-state index contributed by atoms with van der Waals surface area (Å²) < 4.78 is 17.2. The third-order valence-corrected chi connectivity index (χ3v) is 4.90. The zero-order chi connectivity index (χ0) is 23.5. The van der Waals surface area contributed by atoms with E-state index >= 15 is 0 Å². The number of carbonyl (C=O) groups excluding carboxylic acids is 2. The minimum Gasteiger partial charge on any atom is -0.497 e. The van der Waals surface area contributed by atoms with Crippen LogP contribution in [0.15, 0.2) is 46.0 Å². The van der Waals surface area contributed by atoms with Crippen LogP contribution in [0, 0.1) is 5.92 Å². The van der Waals surface area contributed by atoms with Gasteiger partial charge in [-0.05, 0) is 78.2 Å². The number of methoxy groups -OCH3 is 1. The molecule has 0 aliphatic rings. The van der Waals surface area contributed by atoms with Crippen LogP contribution >= 0.6 is 15.9 Å². The topological polar surface area (TPSA) is 98.2 Å². The van der Waals surface area contributed by atoms with Gasteiger partial charge in [0.25, 0.3) is 5.91 Å². The standard InChI is InChI=1S/C23H28BrN3O5/c1-5-11-32-21-19(24)12-16(13-20(21)31-6-2)14-25-27-23(29)15(3)22(28)26-17-7-9-18(30-4)10-8-17/h7-10,12-15H,5-6,11H2,1-4H3,(H,26,28)(H,27,29). The van der Waals surface area contributed by atoms with Crippen molar-refractivity contribution >= 4 is 39.6 Å². The molecule has 8 nitrogen and oxygen atoms in total. The van der Waals surface area contributed by atoms with Crippen LogP contribution in [0.4, 0.5) is 5.69 Å². The van der Waals surface area contributed by atoms with Crippen molar-refractivity contribution in [2.24, 2.45) is 11.0 Å². The number of nitrogens with one attached hydrogen (secondary N) is 2. The van der Waals surface area contributed by atoms with Gasteiger partial charge in [0, 0.05) is 5.69 Å². The molecule has 1 unspecified atom stereocenters. The van der Waals surface area contributed by atoms with Gasteiger partial charge in [0.1, 0.15) is 11.7 Å². The molecule has 2 N–H and O–H groups in total. The highest BCUT2D eigenvalue weighted by Crippen LogP contribution is 2.36. The number of amides is 2. The smallest absolute Gasteiger partial charge is 0.252 e. The number of hydrogen-bond donors (Lipinski definition) is 2. The Labute approximate surface area is 196 Å². The van der Waals surface area contributed by atoms with Gasteiger partial charge in [0.2, 0.25) is 5.91 Å². The number of anilines is 1. The number of hydrogen-bond acceptors (Lipinski definition) is 6. The van der Waals surface area contributed by atoms with Crippen molar-refractivity contribution in [1.82, 2.24) is 5.43 Å². The normalized spacial score (nSPS) is 11.7. The molecule has 0 aromatic heterocycles. The lowest BCUT2D eigenvalue weighted by Gasteiger charge is -2.14. The number of carbonyl (C=O) groups is 2. The van der Waals surface area contributed by atoms with Crippen molar-refractivity contribution in [3.63, 3.8) is 0 Å². The number of hydrazone groups is 1. The lowest BCUT2D eigenvalue weighted by atomic mass is 10.1. The van der Waals surface area contributed by atoms with Gasteiger partial charge in [-0.15, -0.1) is 0 Å². The van der Waals surface area contributed by atoms with Gasteiger partial charge < -0.3 is 19.5 Å². The summed E-state index contributed by atoms with van der Waals surface area (Å²) in [5.41, 5.74) is 3.66. The predicted octanol–water partition coefficient (Wildman–Crippen LogP) is 4.37. The number of halogens is 1. The van der Waals surface area contributed by atoms with Crippen molar-refractivity contribution in [2.75, 3.05) is 25.6 Å². The van der Waals surface area contributed by atoms with E-state index in [1.165, 1.54) is 13.1 Å². The minimum absolute atomic E-state index is 0.443. The van der Waals surface area contributed by atoms with Crippen molar-refractivity contribution in [2.45, 2.75) is 27.2 Å². The van der Waals surface area contributed by atoms with Crippen molar-refractivity contribution in [3.05, 3.63) is 46.4 Å². The van der Waals surface area contributed by atoms with E-state index in [0.29, 0.717) is 41.7 Å². The van der Waals surface area contributed by atoms with Gasteiger partial charge in [0.05, 0.1) is 31.0 Å². The molecule has 1 atom stereocenters. The first-order chi connectivity index (χ1) is 15.4. The summed E-state index contributed by atoms with van der Waals surface area (Å²) in [6, 6.07) is 10.4. The summed E-state index contributed by atoms with van der Waals surface area (Å²) in [4.78, 5) is 24.6. The maximum absolute atomic E-state index is 12.3. The summed E-state index contributed by atoms with van der Waals surface area (Å²) in [6.07, 6.45) is 2.35. The summed E-state index contributed by atoms with van der Waals surface area (Å²) >= 11 is 3.49. The SMILES string of the molecule is CCCOc1c(Br)cc(C=NNC(=O)C(C)C(=O)Nc2ccc(OC)cc2)cc1OCC. The van der Waals surface area contributed by atoms with Crippen LogP contribution in [0.3, 0.4) is 0 Å². The molecule has 0 aliphatic carbocycles. The van der Waals surface area contributed by atoms with Crippen molar-refractivity contribution < 1.29 is 23.8 Å². The molecule has 0 saturated carbocycles. The van der Waals surface area contributed by atoms with Crippen LogP contribution in [0.5, 0.6) is 17.2 Å². The van der Waals surface area contributed by atoms with Crippen LogP contribution in [0.1, 0.15) is 32.8 Å². The molecule has 2 rings (SSSR count). The van der Waals surface area contributed by atoms with Gasteiger partial charge in [-0.3, -0.25) is 9.59 Å². The highest BCUT2D eigenvalue weighted by Gasteiger charge is 2.21. The number of benzene rings is 2. The Morgan fingerprint density at radius 1 is 1.12 bits per heavy atom. The molecule has 32 heavy (non-hydrogen) atoms. The Kier molecular flexibility index (Phi) is 10.0. The molecule has 0 radical (unpaired) electrons. The summed E-state index contributed by atoms with van der Waals surface area (Å²) in [5, 5.41) is 6.66. The molecule has 0 heterocycles. The largest absolute Gasteiger partial charge is 0.497 e. The van der Waals surface area contributed by atoms with E-state index in [0.717, 1.165) is 10.9 Å². The Hall–Kier alpha value is -3.07. The van der Waals surface area contributed by atoms with Gasteiger partial charge in [-0.25, -0.2) is 5.43 Å². The second-order valence-corrected chi connectivity index (χ2v) is 7.64. The van der Waals surface area contributed by atoms with Crippen LogP contribution in [-0.2, 0) is 9.59 Å². The molecule has 0 spiro atoms. The first kappa shape index (κ1) is 25.2. The molecule has 0 fully saturated rings. The average Bonchev–Trinajstić information content (AvgIpc) is 2.78. The number of ether oxygens (including phenoxy) is 3. The van der Waals surface area contributed by atoms with E-state index in [9.17, 15) is 9.59 Å². The zero-order valence-electron chi connectivity index (χ0n) is 18.6. The predicted molar refractivity (Wildman–Crippen MR) is 128 cm³/mol. The van der Waals surface area contributed by atoms with E-state index < -0.39 is 17.7 Å². The molecule has 0 bridgehead atoms. The third kappa shape index (κ3) is 7.26. The van der Waals surface area contributed by atoms with E-state index in [-0.39, 0.29) is 0 Å². The maximum Gasteiger partial charge on any atom is 0.252 e. The van der Waals surface area contributed by atoms with Crippen LogP contribution in [-0.4, -0.2) is 38.4 Å². The van der Waals surface area contributed by atoms with Gasteiger partial charge in [-0.1, -0.05) is 6.92 Å². The molecule has 9 heteroatoms. The van der Waals surface area contributed by atoms with Crippen molar-refractivity contribution in [3.8, 4) is 17.2 Å². The van der Waals surface area contributed by atoms with Crippen LogP contribution in [0.2, 0.25) is 0 Å². The highest BCUT2D eigenvalue weighted by atomic mass is 79.9. The third-order valence-electron chi connectivity index (χ3n) is 4.31. The number of rotatable bonds is 11. The van der Waals surface area contributed by atoms with Gasteiger partial charge >= 0.3 is 0 Å². The summed E-state index contributed by atoms with van der Waals surface area (Å²) in [5.74, 6) is -0.0352. The van der Waals surface area contributed by atoms with Crippen LogP contribution < -0.4 is 25.0 Å². The van der Waals surface area contributed by atoms with Crippen LogP contribution in [0.25, 0.3) is 0 Å². The van der Waals surface area contributed by atoms with Gasteiger partial charge in [0.15, 0.2) is 11.5 Å². The van der Waals surface area contributed by atoms with E-state index in [4.69, 9.17) is 14.2 Å². The second kappa shape index (κ2) is 12.7. The fraction of sp³-hybridized carbons (Fsp3) is 0.348.